The lowest BCUT2D eigenvalue weighted by Gasteiger charge is -2.28. The van der Waals surface area contributed by atoms with Crippen molar-refractivity contribution in [2.45, 2.75) is 6.42 Å². The highest BCUT2D eigenvalue weighted by Crippen LogP contribution is 2.25. The largest absolute Gasteiger partial charge is 0.395 e. The number of carbonyl (C=O) groups is 1. The quantitative estimate of drug-likeness (QED) is 0.591. The topological polar surface area (TPSA) is 49.3 Å². The molecule has 0 fully saturated rings. The van der Waals surface area contributed by atoms with Crippen LogP contribution >= 0.6 is 0 Å². The lowest BCUT2D eigenvalue weighted by Crippen LogP contribution is -2.44. The average Bonchev–Trinajstić information content (AvgIpc) is 2.10. The first-order valence-electron chi connectivity index (χ1n) is 3.93. The highest BCUT2D eigenvalue weighted by Gasteiger charge is 2.35. The molecule has 1 rings (SSSR count). The number of hydrogen-bond acceptors (Lipinski definition) is 2. The smallest absolute Gasteiger partial charge is 0.232 e. The number of rotatable bonds is 3. The van der Waals surface area contributed by atoms with Crippen LogP contribution in [0.1, 0.15) is 6.42 Å². The van der Waals surface area contributed by atoms with E-state index in [1.807, 2.05) is 6.08 Å². The summed E-state index contributed by atoms with van der Waals surface area (Å²) in [4.78, 5) is 11.4. The minimum Gasteiger partial charge on any atom is -0.395 e. The molecular formula is C9H13NO2. The van der Waals surface area contributed by atoms with Crippen LogP contribution in [-0.2, 0) is 4.79 Å². The molecule has 66 valence electrons. The van der Waals surface area contributed by atoms with Crippen molar-refractivity contribution in [1.29, 1.82) is 0 Å². The zero-order valence-corrected chi connectivity index (χ0v) is 6.92. The van der Waals surface area contributed by atoms with Crippen molar-refractivity contribution >= 4 is 5.91 Å². The second-order valence-electron chi connectivity index (χ2n) is 2.92. The molecule has 3 nitrogen and oxygen atoms in total. The maximum absolute atomic E-state index is 11.4. The maximum Gasteiger partial charge on any atom is 0.232 e. The van der Waals surface area contributed by atoms with Gasteiger partial charge in [-0.1, -0.05) is 18.2 Å². The van der Waals surface area contributed by atoms with Crippen LogP contribution in [0, 0.1) is 5.41 Å². The standard InChI is InChI=1S/C9H13NO2/c1-2-4-9(7-11)5-3-6-10-8(9)12/h2-3,5,11H,1,4,6-7H2,(H,10,12). The molecule has 3 heteroatoms. The van der Waals surface area contributed by atoms with Gasteiger partial charge in [0.15, 0.2) is 0 Å². The van der Waals surface area contributed by atoms with E-state index in [1.165, 1.54) is 0 Å². The number of nitrogens with one attached hydrogen (secondary N) is 1. The van der Waals surface area contributed by atoms with Gasteiger partial charge < -0.3 is 10.4 Å². The summed E-state index contributed by atoms with van der Waals surface area (Å²) < 4.78 is 0. The molecule has 0 spiro atoms. The second-order valence-corrected chi connectivity index (χ2v) is 2.92. The Morgan fingerprint density at radius 2 is 2.58 bits per heavy atom. The molecule has 0 aliphatic carbocycles. The molecule has 1 amide bonds. The predicted octanol–water partition coefficient (Wildman–Crippen LogP) is 0.227. The van der Waals surface area contributed by atoms with Gasteiger partial charge in [-0.05, 0) is 6.42 Å². The van der Waals surface area contributed by atoms with Gasteiger partial charge in [-0.3, -0.25) is 4.79 Å². The molecule has 0 aromatic carbocycles. The third kappa shape index (κ3) is 1.41. The van der Waals surface area contributed by atoms with Gasteiger partial charge in [-0.25, -0.2) is 0 Å². The maximum atomic E-state index is 11.4. The van der Waals surface area contributed by atoms with Crippen LogP contribution in [-0.4, -0.2) is 24.2 Å². The molecule has 1 aliphatic heterocycles. The second kappa shape index (κ2) is 3.54. The zero-order chi connectivity index (χ0) is 9.03. The van der Waals surface area contributed by atoms with Gasteiger partial charge in [0.1, 0.15) is 0 Å². The average molecular weight is 167 g/mol. The lowest BCUT2D eigenvalue weighted by molar-refractivity contribution is -0.130. The van der Waals surface area contributed by atoms with Crippen molar-refractivity contribution in [1.82, 2.24) is 5.32 Å². The van der Waals surface area contributed by atoms with Gasteiger partial charge in [0.05, 0.1) is 12.0 Å². The normalized spacial score (nSPS) is 28.2. The van der Waals surface area contributed by atoms with Crippen LogP contribution < -0.4 is 5.32 Å². The van der Waals surface area contributed by atoms with Gasteiger partial charge in [0.2, 0.25) is 5.91 Å². The van der Waals surface area contributed by atoms with Crippen LogP contribution in [0.3, 0.4) is 0 Å². The summed E-state index contributed by atoms with van der Waals surface area (Å²) in [7, 11) is 0. The molecule has 1 unspecified atom stereocenters. The van der Waals surface area contributed by atoms with Crippen molar-refractivity contribution in [2.24, 2.45) is 5.41 Å². The molecule has 0 saturated carbocycles. The fourth-order valence-corrected chi connectivity index (χ4v) is 1.30. The minimum absolute atomic E-state index is 0.118. The van der Waals surface area contributed by atoms with E-state index in [4.69, 9.17) is 5.11 Å². The van der Waals surface area contributed by atoms with E-state index < -0.39 is 5.41 Å². The Morgan fingerprint density at radius 1 is 1.83 bits per heavy atom. The summed E-state index contributed by atoms with van der Waals surface area (Å²) >= 11 is 0. The Labute approximate surface area is 71.8 Å². The number of carbonyl (C=O) groups excluding carboxylic acids is 1. The summed E-state index contributed by atoms with van der Waals surface area (Å²) in [6, 6.07) is 0. The van der Waals surface area contributed by atoms with Gasteiger partial charge in [-0.15, -0.1) is 6.58 Å². The molecule has 0 saturated heterocycles. The Hall–Kier alpha value is -1.09. The fourth-order valence-electron chi connectivity index (χ4n) is 1.30. The first-order chi connectivity index (χ1) is 5.75. The Bertz CT molecular complexity index is 223. The first kappa shape index (κ1) is 9.00. The fraction of sp³-hybridized carbons (Fsp3) is 0.444. The minimum atomic E-state index is -0.764. The van der Waals surface area contributed by atoms with Gasteiger partial charge in [0.25, 0.3) is 0 Å². The molecule has 1 aliphatic rings. The molecular weight excluding hydrogens is 154 g/mol. The SMILES string of the molecule is C=CCC1(CO)C=CCNC1=O. The van der Waals surface area contributed by atoms with E-state index in [0.29, 0.717) is 13.0 Å². The molecule has 2 N–H and O–H groups in total. The predicted molar refractivity (Wildman–Crippen MR) is 46.5 cm³/mol. The molecule has 0 aromatic rings. The van der Waals surface area contributed by atoms with E-state index >= 15 is 0 Å². The molecule has 12 heavy (non-hydrogen) atoms. The van der Waals surface area contributed by atoms with Crippen molar-refractivity contribution in [3.63, 3.8) is 0 Å². The number of aliphatic hydroxyl groups excluding tert-OH is 1. The van der Waals surface area contributed by atoms with E-state index in [0.717, 1.165) is 0 Å². The highest BCUT2D eigenvalue weighted by atomic mass is 16.3. The monoisotopic (exact) mass is 167 g/mol. The molecule has 0 radical (unpaired) electrons. The van der Waals surface area contributed by atoms with E-state index in [-0.39, 0.29) is 12.5 Å². The first-order valence-corrected chi connectivity index (χ1v) is 3.93. The van der Waals surface area contributed by atoms with Crippen LogP contribution in [0.4, 0.5) is 0 Å². The summed E-state index contributed by atoms with van der Waals surface area (Å²) in [6.07, 6.45) is 5.73. The molecule has 1 heterocycles. The van der Waals surface area contributed by atoms with Crippen molar-refractivity contribution in [2.75, 3.05) is 13.2 Å². The van der Waals surface area contributed by atoms with Crippen LogP contribution in [0.25, 0.3) is 0 Å². The van der Waals surface area contributed by atoms with Crippen molar-refractivity contribution in [3.8, 4) is 0 Å². The van der Waals surface area contributed by atoms with Crippen LogP contribution in [0.2, 0.25) is 0 Å². The van der Waals surface area contributed by atoms with Gasteiger partial charge >= 0.3 is 0 Å². The van der Waals surface area contributed by atoms with Crippen LogP contribution in [0.15, 0.2) is 24.8 Å². The highest BCUT2D eigenvalue weighted by molar-refractivity contribution is 5.86. The molecule has 1 atom stereocenters. The van der Waals surface area contributed by atoms with E-state index in [1.54, 1.807) is 12.2 Å². The molecule has 0 aromatic heterocycles. The van der Waals surface area contributed by atoms with Crippen LogP contribution in [0.5, 0.6) is 0 Å². The Morgan fingerprint density at radius 3 is 3.08 bits per heavy atom. The molecule has 0 bridgehead atoms. The summed E-state index contributed by atoms with van der Waals surface area (Å²) in [5.74, 6) is -0.118. The third-order valence-electron chi connectivity index (χ3n) is 2.06. The van der Waals surface area contributed by atoms with E-state index in [9.17, 15) is 4.79 Å². The third-order valence-corrected chi connectivity index (χ3v) is 2.06. The number of allylic oxidation sites excluding steroid dienone is 1. The number of hydrogen-bond donors (Lipinski definition) is 2. The zero-order valence-electron chi connectivity index (χ0n) is 6.92. The van der Waals surface area contributed by atoms with Gasteiger partial charge in [-0.2, -0.15) is 0 Å². The van der Waals surface area contributed by atoms with E-state index in [2.05, 4.69) is 11.9 Å². The van der Waals surface area contributed by atoms with Crippen molar-refractivity contribution in [3.05, 3.63) is 24.8 Å². The van der Waals surface area contributed by atoms with Gasteiger partial charge in [0, 0.05) is 6.54 Å². The number of amides is 1. The Balaban J connectivity index is 2.87. The van der Waals surface area contributed by atoms with Crippen molar-refractivity contribution < 1.29 is 9.90 Å². The summed E-state index contributed by atoms with van der Waals surface area (Å²) in [5.41, 5.74) is -0.764. The number of aliphatic hydroxyl groups is 1. The lowest BCUT2D eigenvalue weighted by atomic mass is 9.82. The summed E-state index contributed by atoms with van der Waals surface area (Å²) in [5, 5.41) is 11.8. The summed E-state index contributed by atoms with van der Waals surface area (Å²) in [6.45, 7) is 3.95. The Kier molecular flexibility index (Phi) is 2.65.